The van der Waals surface area contributed by atoms with Crippen LogP contribution in [0.3, 0.4) is 0 Å². The summed E-state index contributed by atoms with van der Waals surface area (Å²) in [5.74, 6) is 0.936. The lowest BCUT2D eigenvalue weighted by molar-refractivity contribution is 0.280. The smallest absolute Gasteiger partial charge is 0.120 e. The molecule has 0 aliphatic rings. The van der Waals surface area contributed by atoms with E-state index in [9.17, 15) is 0 Å². The van der Waals surface area contributed by atoms with Crippen molar-refractivity contribution in [3.8, 4) is 5.75 Å². The fraction of sp³-hybridized carbons (Fsp3) is 0.556. The van der Waals surface area contributed by atoms with E-state index in [2.05, 4.69) is 17.1 Å². The largest absolute Gasteiger partial charge is 0.494 e. The molecule has 1 heterocycles. The fourth-order valence-corrected chi connectivity index (χ4v) is 2.72. The summed E-state index contributed by atoms with van der Waals surface area (Å²) in [6, 6.07) is 6.20. The molecule has 0 spiro atoms. The molecule has 23 heavy (non-hydrogen) atoms. The third-order valence-electron chi connectivity index (χ3n) is 3.97. The number of H-pyrrole nitrogens is 1. The van der Waals surface area contributed by atoms with Gasteiger partial charge in [-0.15, -0.1) is 12.4 Å². The number of hydrogen-bond acceptors (Lipinski definition) is 3. The van der Waals surface area contributed by atoms with Crippen LogP contribution in [0.25, 0.3) is 10.9 Å². The molecule has 0 bridgehead atoms. The van der Waals surface area contributed by atoms with Crippen molar-refractivity contribution in [2.45, 2.75) is 44.9 Å². The van der Waals surface area contributed by atoms with Gasteiger partial charge in [-0.1, -0.05) is 25.7 Å². The first-order valence-electron chi connectivity index (χ1n) is 8.39. The van der Waals surface area contributed by atoms with E-state index >= 15 is 0 Å². The van der Waals surface area contributed by atoms with Gasteiger partial charge >= 0.3 is 0 Å². The minimum atomic E-state index is 0. The number of aromatic nitrogens is 1. The number of nitrogens with two attached hydrogens (primary N) is 1. The van der Waals surface area contributed by atoms with Crippen molar-refractivity contribution in [1.29, 1.82) is 0 Å². The average Bonchev–Trinajstić information content (AvgIpc) is 2.93. The van der Waals surface area contributed by atoms with Crippen molar-refractivity contribution in [1.82, 2.24) is 4.98 Å². The van der Waals surface area contributed by atoms with Crippen molar-refractivity contribution in [3.63, 3.8) is 0 Å². The number of aromatic amines is 1. The third-order valence-corrected chi connectivity index (χ3v) is 3.97. The van der Waals surface area contributed by atoms with Gasteiger partial charge in [0, 0.05) is 23.7 Å². The summed E-state index contributed by atoms with van der Waals surface area (Å²) in [4.78, 5) is 3.27. The van der Waals surface area contributed by atoms with Crippen LogP contribution in [0.5, 0.6) is 5.75 Å². The molecule has 4 nitrogen and oxygen atoms in total. The Balaban J connectivity index is 0.00000264. The quantitative estimate of drug-likeness (QED) is 0.545. The first-order chi connectivity index (χ1) is 10.8. The normalized spacial score (nSPS) is 10.7. The predicted octanol–water partition coefficient (Wildman–Crippen LogP) is 3.80. The fourth-order valence-electron chi connectivity index (χ4n) is 2.72. The Morgan fingerprint density at radius 3 is 2.52 bits per heavy atom. The Labute approximate surface area is 144 Å². The van der Waals surface area contributed by atoms with Gasteiger partial charge in [-0.25, -0.2) is 0 Å². The molecule has 0 unspecified atom stereocenters. The maximum atomic E-state index is 8.72. The predicted molar refractivity (Wildman–Crippen MR) is 98.6 cm³/mol. The van der Waals surface area contributed by atoms with Crippen LogP contribution in [0.4, 0.5) is 0 Å². The molecule has 0 saturated heterocycles. The minimum absolute atomic E-state index is 0. The Morgan fingerprint density at radius 1 is 1.04 bits per heavy atom. The molecule has 130 valence electrons. The van der Waals surface area contributed by atoms with Crippen molar-refractivity contribution in [2.75, 3.05) is 19.8 Å². The maximum absolute atomic E-state index is 8.72. The minimum Gasteiger partial charge on any atom is -0.494 e. The van der Waals surface area contributed by atoms with Crippen molar-refractivity contribution >= 4 is 23.3 Å². The second-order valence-corrected chi connectivity index (χ2v) is 5.75. The van der Waals surface area contributed by atoms with Gasteiger partial charge in [-0.2, -0.15) is 0 Å². The highest BCUT2D eigenvalue weighted by atomic mass is 35.5. The molecule has 5 heteroatoms. The molecule has 2 aromatic rings. The summed E-state index contributed by atoms with van der Waals surface area (Å²) in [5, 5.41) is 9.93. The van der Waals surface area contributed by atoms with E-state index in [0.29, 0.717) is 13.2 Å². The highest BCUT2D eigenvalue weighted by Gasteiger charge is 2.04. The van der Waals surface area contributed by atoms with E-state index in [0.717, 1.165) is 43.6 Å². The lowest BCUT2D eigenvalue weighted by Gasteiger charge is -2.07. The topological polar surface area (TPSA) is 71.3 Å². The SMILES string of the molecule is Cl.NCCc1c[nH]c2ccc(OCCCCCCCCO)cc12. The van der Waals surface area contributed by atoms with Crippen LogP contribution in [0.15, 0.2) is 24.4 Å². The lowest BCUT2D eigenvalue weighted by Crippen LogP contribution is -2.02. The molecule has 0 atom stereocenters. The van der Waals surface area contributed by atoms with E-state index in [4.69, 9.17) is 15.6 Å². The number of benzene rings is 1. The first-order valence-corrected chi connectivity index (χ1v) is 8.39. The summed E-state index contributed by atoms with van der Waals surface area (Å²) in [5.41, 5.74) is 8.04. The highest BCUT2D eigenvalue weighted by molar-refractivity contribution is 5.85. The Bertz CT molecular complexity index is 557. The first kappa shape index (κ1) is 19.8. The van der Waals surface area contributed by atoms with Crippen molar-refractivity contribution < 1.29 is 9.84 Å². The number of aliphatic hydroxyl groups is 1. The zero-order valence-electron chi connectivity index (χ0n) is 13.7. The summed E-state index contributed by atoms with van der Waals surface area (Å²) in [7, 11) is 0. The zero-order valence-corrected chi connectivity index (χ0v) is 14.5. The van der Waals surface area contributed by atoms with E-state index < -0.39 is 0 Å². The van der Waals surface area contributed by atoms with Gasteiger partial charge in [-0.05, 0) is 49.6 Å². The molecule has 0 saturated carbocycles. The van der Waals surface area contributed by atoms with E-state index in [1.807, 2.05) is 12.3 Å². The van der Waals surface area contributed by atoms with Gasteiger partial charge < -0.3 is 20.6 Å². The molecular weight excluding hydrogens is 312 g/mol. The Hall–Kier alpha value is -1.23. The number of halogens is 1. The number of aliphatic hydroxyl groups excluding tert-OH is 1. The zero-order chi connectivity index (χ0) is 15.6. The van der Waals surface area contributed by atoms with Gasteiger partial charge in [-0.3, -0.25) is 0 Å². The van der Waals surface area contributed by atoms with E-state index in [-0.39, 0.29) is 12.4 Å². The highest BCUT2D eigenvalue weighted by Crippen LogP contribution is 2.24. The molecular formula is C18H29ClN2O2. The molecule has 0 fully saturated rings. The Morgan fingerprint density at radius 2 is 1.78 bits per heavy atom. The van der Waals surface area contributed by atoms with Gasteiger partial charge in [0.1, 0.15) is 5.75 Å². The third kappa shape index (κ3) is 6.42. The average molecular weight is 341 g/mol. The molecule has 4 N–H and O–H groups in total. The van der Waals surface area contributed by atoms with Gasteiger partial charge in [0.15, 0.2) is 0 Å². The van der Waals surface area contributed by atoms with Crippen LogP contribution in [-0.2, 0) is 6.42 Å². The summed E-state index contributed by atoms with van der Waals surface area (Å²) in [6.07, 6.45) is 9.68. The van der Waals surface area contributed by atoms with Crippen LogP contribution in [0, 0.1) is 0 Å². The second kappa shape index (κ2) is 11.3. The number of ether oxygens (including phenoxy) is 1. The van der Waals surface area contributed by atoms with E-state index in [1.54, 1.807) is 0 Å². The van der Waals surface area contributed by atoms with Crippen molar-refractivity contribution in [3.05, 3.63) is 30.0 Å². The van der Waals surface area contributed by atoms with Crippen LogP contribution in [0.1, 0.15) is 44.1 Å². The van der Waals surface area contributed by atoms with Crippen LogP contribution in [-0.4, -0.2) is 29.8 Å². The molecule has 1 aromatic heterocycles. The van der Waals surface area contributed by atoms with Crippen LogP contribution < -0.4 is 10.5 Å². The molecule has 0 amide bonds. The summed E-state index contributed by atoms with van der Waals surface area (Å²) >= 11 is 0. The summed E-state index contributed by atoms with van der Waals surface area (Å²) in [6.45, 7) is 1.74. The van der Waals surface area contributed by atoms with Crippen molar-refractivity contribution in [2.24, 2.45) is 5.73 Å². The number of fused-ring (bicyclic) bond motifs is 1. The van der Waals surface area contributed by atoms with Crippen LogP contribution >= 0.6 is 12.4 Å². The molecule has 0 radical (unpaired) electrons. The number of rotatable bonds is 11. The lowest BCUT2D eigenvalue weighted by atomic mass is 10.1. The number of nitrogens with one attached hydrogen (secondary N) is 1. The van der Waals surface area contributed by atoms with Gasteiger partial charge in [0.2, 0.25) is 0 Å². The molecule has 0 aliphatic carbocycles. The molecule has 2 rings (SSSR count). The standard InChI is InChI=1S/C18H28N2O2.ClH/c19-10-9-15-14-20-18-8-7-16(13-17(15)18)22-12-6-4-2-1-3-5-11-21;/h7-8,13-14,20-21H,1-6,9-12,19H2;1H. The van der Waals surface area contributed by atoms with Gasteiger partial charge in [0.25, 0.3) is 0 Å². The second-order valence-electron chi connectivity index (χ2n) is 5.75. The molecule has 0 aliphatic heterocycles. The number of hydrogen-bond donors (Lipinski definition) is 3. The summed E-state index contributed by atoms with van der Waals surface area (Å²) < 4.78 is 5.86. The monoisotopic (exact) mass is 340 g/mol. The Kier molecular flexibility index (Phi) is 9.76. The maximum Gasteiger partial charge on any atom is 0.120 e. The van der Waals surface area contributed by atoms with Crippen LogP contribution in [0.2, 0.25) is 0 Å². The van der Waals surface area contributed by atoms with Gasteiger partial charge in [0.05, 0.1) is 6.61 Å². The molecule has 1 aromatic carbocycles. The van der Waals surface area contributed by atoms with E-state index in [1.165, 1.54) is 30.2 Å². The number of unbranched alkanes of at least 4 members (excludes halogenated alkanes) is 5.